The van der Waals surface area contributed by atoms with Crippen LogP contribution in [0.3, 0.4) is 0 Å². The van der Waals surface area contributed by atoms with Crippen molar-refractivity contribution in [3.63, 3.8) is 0 Å². The van der Waals surface area contributed by atoms with E-state index in [0.717, 1.165) is 11.7 Å². The van der Waals surface area contributed by atoms with Gasteiger partial charge in [-0.1, -0.05) is 24.6 Å². The molecule has 1 aliphatic carbocycles. The minimum absolute atomic E-state index is 0.163. The van der Waals surface area contributed by atoms with Gasteiger partial charge in [0.15, 0.2) is 5.17 Å². The van der Waals surface area contributed by atoms with Gasteiger partial charge >= 0.3 is 0 Å². The number of aliphatic imine (C=N–C) groups is 1. The summed E-state index contributed by atoms with van der Waals surface area (Å²) in [6, 6.07) is 0. The van der Waals surface area contributed by atoms with E-state index in [4.69, 9.17) is 0 Å². The predicted octanol–water partition coefficient (Wildman–Crippen LogP) is 1.72. The average molecular weight is 269 g/mol. The number of hydrogen-bond acceptors (Lipinski definition) is 4. The molecule has 0 radical (unpaired) electrons. The number of hydrogen-bond donors (Lipinski definition) is 1. The Bertz CT molecular complexity index is 335. The van der Waals surface area contributed by atoms with Crippen LogP contribution in [-0.4, -0.2) is 48.9 Å². The molecule has 1 fully saturated rings. The van der Waals surface area contributed by atoms with E-state index < -0.39 is 0 Å². The molecule has 1 saturated carbocycles. The summed E-state index contributed by atoms with van der Waals surface area (Å²) in [5, 5.41) is 4.31. The molecular weight excluding hydrogens is 246 g/mol. The quantitative estimate of drug-likeness (QED) is 0.848. The Kier molecular flexibility index (Phi) is 4.54. The van der Waals surface area contributed by atoms with E-state index in [1.54, 1.807) is 19.0 Å². The van der Waals surface area contributed by atoms with Gasteiger partial charge in [0, 0.05) is 39.4 Å². The first kappa shape index (κ1) is 13.7. The molecule has 2 aliphatic rings. The van der Waals surface area contributed by atoms with Gasteiger partial charge in [-0.05, 0) is 18.3 Å². The monoisotopic (exact) mass is 269 g/mol. The zero-order valence-corrected chi connectivity index (χ0v) is 12.2. The molecule has 1 N–H and O–H groups in total. The van der Waals surface area contributed by atoms with Gasteiger partial charge in [0.2, 0.25) is 5.91 Å². The lowest BCUT2D eigenvalue weighted by Crippen LogP contribution is -2.35. The van der Waals surface area contributed by atoms with Crippen molar-refractivity contribution in [1.82, 2.24) is 10.2 Å². The molecule has 0 unspecified atom stereocenters. The van der Waals surface area contributed by atoms with Gasteiger partial charge in [-0.3, -0.25) is 9.79 Å². The van der Waals surface area contributed by atoms with Gasteiger partial charge < -0.3 is 10.2 Å². The number of thioether (sulfide) groups is 1. The second kappa shape index (κ2) is 5.95. The molecule has 2 rings (SSSR count). The van der Waals surface area contributed by atoms with Crippen LogP contribution in [0.4, 0.5) is 0 Å². The Hall–Kier alpha value is -0.710. The van der Waals surface area contributed by atoms with E-state index in [-0.39, 0.29) is 5.91 Å². The van der Waals surface area contributed by atoms with E-state index in [0.29, 0.717) is 18.4 Å². The zero-order chi connectivity index (χ0) is 13.0. The third-order valence-corrected chi connectivity index (χ3v) is 5.15. The molecule has 4 nitrogen and oxygen atoms in total. The summed E-state index contributed by atoms with van der Waals surface area (Å²) in [5.41, 5.74) is 0.495. The van der Waals surface area contributed by atoms with Crippen LogP contribution in [0.2, 0.25) is 0 Å². The predicted molar refractivity (Wildman–Crippen MR) is 77.0 cm³/mol. The van der Waals surface area contributed by atoms with Crippen LogP contribution >= 0.6 is 11.8 Å². The van der Waals surface area contributed by atoms with Gasteiger partial charge in [-0.2, -0.15) is 0 Å². The molecule has 102 valence electrons. The lowest BCUT2D eigenvalue weighted by molar-refractivity contribution is -0.128. The van der Waals surface area contributed by atoms with Crippen LogP contribution in [0.1, 0.15) is 32.1 Å². The Morgan fingerprint density at radius 2 is 2.17 bits per heavy atom. The first-order chi connectivity index (χ1) is 8.61. The number of carbonyl (C=O) groups excluding carboxylic acids is 1. The summed E-state index contributed by atoms with van der Waals surface area (Å²) < 4.78 is 0. The highest BCUT2D eigenvalue weighted by Gasteiger charge is 2.36. The van der Waals surface area contributed by atoms with Crippen LogP contribution in [0.5, 0.6) is 0 Å². The van der Waals surface area contributed by atoms with Crippen molar-refractivity contribution in [2.24, 2.45) is 10.4 Å². The highest BCUT2D eigenvalue weighted by atomic mass is 32.2. The smallest absolute Gasteiger partial charge is 0.223 e. The zero-order valence-electron chi connectivity index (χ0n) is 11.4. The second-order valence-electron chi connectivity index (χ2n) is 5.58. The SMILES string of the molecule is CN(C)C(=O)CCNC1=NCC2(CCCC2)CS1. The normalized spacial score (nSPS) is 21.8. The van der Waals surface area contributed by atoms with E-state index in [9.17, 15) is 4.79 Å². The molecule has 0 aromatic carbocycles. The second-order valence-corrected chi connectivity index (χ2v) is 6.55. The summed E-state index contributed by atoms with van der Waals surface area (Å²) in [5.74, 6) is 1.36. The van der Waals surface area contributed by atoms with Gasteiger partial charge in [-0.15, -0.1) is 0 Å². The highest BCUT2D eigenvalue weighted by molar-refractivity contribution is 8.13. The summed E-state index contributed by atoms with van der Waals surface area (Å²) >= 11 is 1.83. The molecule has 0 bridgehead atoms. The average Bonchev–Trinajstić information content (AvgIpc) is 2.80. The van der Waals surface area contributed by atoms with Crippen molar-refractivity contribution in [2.75, 3.05) is 32.9 Å². The van der Waals surface area contributed by atoms with Crippen molar-refractivity contribution in [2.45, 2.75) is 32.1 Å². The first-order valence-corrected chi connectivity index (χ1v) is 7.71. The summed E-state index contributed by atoms with van der Waals surface area (Å²) in [6.07, 6.45) is 5.97. The van der Waals surface area contributed by atoms with Crippen LogP contribution in [-0.2, 0) is 4.79 Å². The van der Waals surface area contributed by atoms with Crippen molar-refractivity contribution >= 4 is 22.8 Å². The fraction of sp³-hybridized carbons (Fsp3) is 0.846. The summed E-state index contributed by atoms with van der Waals surface area (Å²) in [4.78, 5) is 17.7. The minimum atomic E-state index is 0.163. The molecule has 0 aromatic heterocycles. The van der Waals surface area contributed by atoms with Crippen LogP contribution in [0, 0.1) is 5.41 Å². The third kappa shape index (κ3) is 3.40. The molecule has 0 aromatic rings. The Balaban J connectivity index is 1.72. The molecule has 1 heterocycles. The number of carbonyl (C=O) groups is 1. The third-order valence-electron chi connectivity index (χ3n) is 3.85. The standard InChI is InChI=1S/C13H23N3OS/c1-16(2)11(17)5-8-14-12-15-9-13(10-18-12)6-3-4-7-13/h3-10H2,1-2H3,(H,14,15). The van der Waals surface area contributed by atoms with Crippen molar-refractivity contribution < 1.29 is 4.79 Å². The molecule has 1 spiro atoms. The van der Waals surface area contributed by atoms with E-state index in [2.05, 4.69) is 10.3 Å². The van der Waals surface area contributed by atoms with Gasteiger partial charge in [0.1, 0.15) is 0 Å². The Morgan fingerprint density at radius 1 is 1.44 bits per heavy atom. The molecule has 5 heteroatoms. The molecule has 1 amide bonds. The maximum atomic E-state index is 11.4. The highest BCUT2D eigenvalue weighted by Crippen LogP contribution is 2.43. The number of amidine groups is 1. The molecule has 0 saturated heterocycles. The molecule has 18 heavy (non-hydrogen) atoms. The fourth-order valence-electron chi connectivity index (χ4n) is 2.59. The molecule has 0 atom stereocenters. The van der Waals surface area contributed by atoms with Gasteiger partial charge in [-0.25, -0.2) is 0 Å². The summed E-state index contributed by atoms with van der Waals surface area (Å²) in [6.45, 7) is 1.67. The molecular formula is C13H23N3OS. The van der Waals surface area contributed by atoms with Crippen molar-refractivity contribution in [3.05, 3.63) is 0 Å². The van der Waals surface area contributed by atoms with Crippen LogP contribution in [0.15, 0.2) is 4.99 Å². The lowest BCUT2D eigenvalue weighted by Gasteiger charge is -2.31. The van der Waals surface area contributed by atoms with Crippen molar-refractivity contribution in [1.29, 1.82) is 0 Å². The molecule has 1 aliphatic heterocycles. The first-order valence-electron chi connectivity index (χ1n) is 6.73. The topological polar surface area (TPSA) is 44.7 Å². The lowest BCUT2D eigenvalue weighted by atomic mass is 9.89. The minimum Gasteiger partial charge on any atom is -0.364 e. The number of rotatable bonds is 3. The van der Waals surface area contributed by atoms with Crippen LogP contribution in [0.25, 0.3) is 0 Å². The largest absolute Gasteiger partial charge is 0.364 e. The maximum absolute atomic E-state index is 11.4. The number of nitrogens with zero attached hydrogens (tertiary/aromatic N) is 2. The van der Waals surface area contributed by atoms with E-state index in [1.165, 1.54) is 31.4 Å². The number of amides is 1. The van der Waals surface area contributed by atoms with E-state index in [1.807, 2.05) is 11.8 Å². The summed E-state index contributed by atoms with van der Waals surface area (Å²) in [7, 11) is 3.58. The van der Waals surface area contributed by atoms with Gasteiger partial charge in [0.05, 0.1) is 0 Å². The fourth-order valence-corrected chi connectivity index (χ4v) is 3.77. The van der Waals surface area contributed by atoms with Gasteiger partial charge in [0.25, 0.3) is 0 Å². The number of nitrogens with one attached hydrogen (secondary N) is 1. The van der Waals surface area contributed by atoms with Crippen molar-refractivity contribution in [3.8, 4) is 0 Å². The van der Waals surface area contributed by atoms with E-state index >= 15 is 0 Å². The Labute approximate surface area is 114 Å². The maximum Gasteiger partial charge on any atom is 0.223 e. The Morgan fingerprint density at radius 3 is 2.72 bits per heavy atom. The van der Waals surface area contributed by atoms with Crippen LogP contribution < -0.4 is 5.32 Å².